The van der Waals surface area contributed by atoms with E-state index in [0.29, 0.717) is 12.0 Å². The summed E-state index contributed by atoms with van der Waals surface area (Å²) in [6.45, 7) is 5.71. The molecule has 12 heavy (non-hydrogen) atoms. The second-order valence-corrected chi connectivity index (χ2v) is 4.14. The molecule has 0 aromatic heterocycles. The Balaban J connectivity index is 2.07. The molecule has 2 bridgehead atoms. The number of ether oxygens (including phenoxy) is 1. The van der Waals surface area contributed by atoms with Crippen LogP contribution in [-0.4, -0.2) is 36.5 Å². The van der Waals surface area contributed by atoms with Crippen molar-refractivity contribution in [2.75, 3.05) is 13.2 Å². The van der Waals surface area contributed by atoms with E-state index in [1.165, 1.54) is 0 Å². The fourth-order valence-corrected chi connectivity index (χ4v) is 2.15. The van der Waals surface area contributed by atoms with Crippen molar-refractivity contribution in [1.29, 1.82) is 0 Å². The maximum absolute atomic E-state index is 13.6. The Morgan fingerprint density at radius 2 is 2.25 bits per heavy atom. The molecule has 0 spiro atoms. The molecule has 2 fully saturated rings. The van der Waals surface area contributed by atoms with Gasteiger partial charge in [-0.1, -0.05) is 0 Å². The summed E-state index contributed by atoms with van der Waals surface area (Å²) >= 11 is 0. The Kier molecular flexibility index (Phi) is 2.09. The van der Waals surface area contributed by atoms with Crippen LogP contribution in [0.15, 0.2) is 0 Å². The van der Waals surface area contributed by atoms with E-state index in [1.807, 2.05) is 18.7 Å². The first kappa shape index (κ1) is 8.45. The highest BCUT2D eigenvalue weighted by molar-refractivity contribution is 4.89. The fourth-order valence-electron chi connectivity index (χ4n) is 2.15. The number of rotatable bonds is 1. The van der Waals surface area contributed by atoms with Gasteiger partial charge in [0.05, 0.1) is 6.61 Å². The molecule has 2 aliphatic heterocycles. The second-order valence-electron chi connectivity index (χ2n) is 4.14. The molecule has 0 saturated carbocycles. The second kappa shape index (κ2) is 2.96. The van der Waals surface area contributed by atoms with Gasteiger partial charge >= 0.3 is 0 Å². The highest BCUT2D eigenvalue weighted by atomic mass is 19.1. The number of hydrogen-bond donors (Lipinski definition) is 0. The van der Waals surface area contributed by atoms with E-state index in [2.05, 4.69) is 0 Å². The molecule has 0 aromatic carbocycles. The molecule has 2 heterocycles. The van der Waals surface area contributed by atoms with Gasteiger partial charge in [0.2, 0.25) is 0 Å². The summed E-state index contributed by atoms with van der Waals surface area (Å²) in [5.74, 6) is 0.574. The molecule has 70 valence electrons. The van der Waals surface area contributed by atoms with Gasteiger partial charge in [-0.2, -0.15) is 0 Å². The minimum Gasteiger partial charge on any atom is -0.373 e. The van der Waals surface area contributed by atoms with Crippen molar-refractivity contribution in [3.8, 4) is 0 Å². The van der Waals surface area contributed by atoms with Crippen molar-refractivity contribution in [3.05, 3.63) is 0 Å². The Hall–Kier alpha value is -0.150. The van der Waals surface area contributed by atoms with Crippen LogP contribution in [0.4, 0.5) is 4.39 Å². The van der Waals surface area contributed by atoms with Crippen LogP contribution in [0, 0.1) is 5.92 Å². The summed E-state index contributed by atoms with van der Waals surface area (Å²) in [5.41, 5.74) is 0. The van der Waals surface area contributed by atoms with Crippen LogP contribution in [0.3, 0.4) is 0 Å². The van der Waals surface area contributed by atoms with Crippen LogP contribution in [0.5, 0.6) is 0 Å². The average Bonchev–Trinajstić information content (AvgIpc) is 2.41. The van der Waals surface area contributed by atoms with Crippen LogP contribution < -0.4 is 0 Å². The van der Waals surface area contributed by atoms with E-state index >= 15 is 0 Å². The lowest BCUT2D eigenvalue weighted by molar-refractivity contribution is -0.0547. The maximum atomic E-state index is 13.6. The van der Waals surface area contributed by atoms with Crippen LogP contribution in [0.2, 0.25) is 0 Å². The van der Waals surface area contributed by atoms with Crippen LogP contribution in [0.1, 0.15) is 20.3 Å². The van der Waals surface area contributed by atoms with E-state index in [4.69, 9.17) is 4.74 Å². The lowest BCUT2D eigenvalue weighted by Crippen LogP contribution is -2.49. The van der Waals surface area contributed by atoms with E-state index in [9.17, 15) is 4.39 Å². The van der Waals surface area contributed by atoms with Gasteiger partial charge in [-0.3, -0.25) is 4.90 Å². The third-order valence-corrected chi connectivity index (χ3v) is 2.87. The van der Waals surface area contributed by atoms with E-state index in [1.54, 1.807) is 0 Å². The molecule has 2 saturated heterocycles. The number of piperidine rings is 1. The van der Waals surface area contributed by atoms with Gasteiger partial charge in [0.25, 0.3) is 0 Å². The summed E-state index contributed by atoms with van der Waals surface area (Å²) in [6, 6.07) is 0.298. The van der Waals surface area contributed by atoms with Crippen molar-refractivity contribution in [2.24, 2.45) is 5.92 Å². The first-order valence-corrected chi connectivity index (χ1v) is 4.70. The molecule has 0 amide bonds. The predicted molar refractivity (Wildman–Crippen MR) is 44.6 cm³/mol. The quantitative estimate of drug-likeness (QED) is 0.556. The van der Waals surface area contributed by atoms with Crippen molar-refractivity contribution < 1.29 is 9.13 Å². The smallest absolute Gasteiger partial charge is 0.180 e. The topological polar surface area (TPSA) is 12.5 Å². The molecular formula is C9H16FNO. The van der Waals surface area contributed by atoms with Crippen LogP contribution >= 0.6 is 0 Å². The molecule has 3 atom stereocenters. The van der Waals surface area contributed by atoms with Gasteiger partial charge in [-0.15, -0.1) is 0 Å². The van der Waals surface area contributed by atoms with E-state index in [0.717, 1.165) is 19.6 Å². The van der Waals surface area contributed by atoms with Crippen molar-refractivity contribution >= 4 is 0 Å². The minimum atomic E-state index is -0.872. The summed E-state index contributed by atoms with van der Waals surface area (Å²) in [7, 11) is 0. The number of nitrogens with zero attached hydrogens (tertiary/aromatic N) is 1. The van der Waals surface area contributed by atoms with Gasteiger partial charge in [-0.25, -0.2) is 4.39 Å². The normalized spacial score (nSPS) is 42.5. The lowest BCUT2D eigenvalue weighted by atomic mass is 9.98. The van der Waals surface area contributed by atoms with Crippen LogP contribution in [0.25, 0.3) is 0 Å². The van der Waals surface area contributed by atoms with Crippen molar-refractivity contribution in [3.63, 3.8) is 0 Å². The molecule has 2 rings (SSSR count). The Morgan fingerprint density at radius 3 is 2.92 bits per heavy atom. The molecule has 2 aliphatic rings. The third-order valence-electron chi connectivity index (χ3n) is 2.87. The first-order chi connectivity index (χ1) is 5.68. The molecule has 2 nitrogen and oxygen atoms in total. The zero-order valence-corrected chi connectivity index (χ0v) is 7.66. The highest BCUT2D eigenvalue weighted by Gasteiger charge is 2.42. The van der Waals surface area contributed by atoms with Gasteiger partial charge in [0, 0.05) is 12.6 Å². The van der Waals surface area contributed by atoms with Crippen molar-refractivity contribution in [2.45, 2.75) is 38.7 Å². The van der Waals surface area contributed by atoms with Crippen molar-refractivity contribution in [1.82, 2.24) is 4.90 Å². The number of halogens is 1. The number of likely N-dealkylation sites (tertiary alicyclic amines) is 1. The zero-order chi connectivity index (χ0) is 8.72. The summed E-state index contributed by atoms with van der Waals surface area (Å²) in [4.78, 5) is 1.91. The molecule has 0 N–H and O–H groups in total. The number of fused-ring (bicyclic) bond motifs is 2. The third kappa shape index (κ3) is 1.25. The summed E-state index contributed by atoms with van der Waals surface area (Å²) in [5, 5.41) is 0. The van der Waals surface area contributed by atoms with Gasteiger partial charge in [0.15, 0.2) is 6.30 Å². The summed E-state index contributed by atoms with van der Waals surface area (Å²) in [6.07, 6.45) is -0.0976. The molecule has 0 unspecified atom stereocenters. The molecule has 3 heteroatoms. The fraction of sp³-hybridized carbons (Fsp3) is 1.00. The largest absolute Gasteiger partial charge is 0.373 e. The highest BCUT2D eigenvalue weighted by Crippen LogP contribution is 2.32. The van der Waals surface area contributed by atoms with Gasteiger partial charge in [-0.05, 0) is 26.2 Å². The molecule has 0 aliphatic carbocycles. The maximum Gasteiger partial charge on any atom is 0.180 e. The van der Waals surface area contributed by atoms with Crippen LogP contribution in [-0.2, 0) is 4.74 Å². The average molecular weight is 173 g/mol. The number of alkyl halides is 1. The lowest BCUT2D eigenvalue weighted by Gasteiger charge is -2.36. The molecule has 0 radical (unpaired) electrons. The summed E-state index contributed by atoms with van der Waals surface area (Å²) < 4.78 is 18.9. The van der Waals surface area contributed by atoms with Gasteiger partial charge < -0.3 is 4.74 Å². The van der Waals surface area contributed by atoms with E-state index < -0.39 is 6.30 Å². The Bertz CT molecular complexity index is 174. The molecule has 0 aromatic rings. The Labute approximate surface area is 72.7 Å². The first-order valence-electron chi connectivity index (χ1n) is 4.70. The minimum absolute atomic E-state index is 0.147. The zero-order valence-electron chi connectivity index (χ0n) is 7.66. The standard InChI is InChI=1S/C9H16FNO/c1-6(2)11-4-7-3-8(9(11)10)12-5-7/h6-9H,3-5H2,1-2H3/t7-,8+,9-/m1/s1. The Morgan fingerprint density at radius 1 is 1.50 bits per heavy atom. The monoisotopic (exact) mass is 173 g/mol. The van der Waals surface area contributed by atoms with E-state index in [-0.39, 0.29) is 6.10 Å². The SMILES string of the molecule is CC(C)N1C[C@@H]2CO[C@@H](C2)[C@@H]1F. The predicted octanol–water partition coefficient (Wildman–Crippen LogP) is 1.41. The van der Waals surface area contributed by atoms with Gasteiger partial charge in [0.1, 0.15) is 6.10 Å². The molecular weight excluding hydrogens is 157 g/mol. The number of hydrogen-bond acceptors (Lipinski definition) is 2.